The Morgan fingerprint density at radius 3 is 2.71 bits per heavy atom. The molecule has 2 aromatic carbocycles. The van der Waals surface area contributed by atoms with Crippen LogP contribution in [-0.2, 0) is 11.2 Å². The molecule has 1 aliphatic rings. The van der Waals surface area contributed by atoms with Gasteiger partial charge in [0.25, 0.3) is 5.91 Å². The highest BCUT2D eigenvalue weighted by atomic mass is 35.5. The molecule has 1 aliphatic heterocycles. The van der Waals surface area contributed by atoms with Gasteiger partial charge in [-0.2, -0.15) is 0 Å². The van der Waals surface area contributed by atoms with Crippen molar-refractivity contribution in [3.8, 4) is 0 Å². The standard InChI is InChI=1S/C18H16ClFN2O2/c1-11(21-17(23)16-13(19)6-4-7-14(16)20)18(24)22-10-9-12-5-2-3-8-15(12)22/h2-8,11H,9-10H2,1H3,(H,21,23)/t11-/m0/s1. The van der Waals surface area contributed by atoms with Crippen LogP contribution in [-0.4, -0.2) is 24.4 Å². The average molecular weight is 347 g/mol. The Hall–Kier alpha value is -2.40. The summed E-state index contributed by atoms with van der Waals surface area (Å²) in [6.07, 6.45) is 0.779. The number of carbonyl (C=O) groups is 2. The minimum atomic E-state index is -0.792. The molecule has 0 saturated carbocycles. The molecule has 1 heterocycles. The van der Waals surface area contributed by atoms with Gasteiger partial charge in [-0.3, -0.25) is 9.59 Å². The summed E-state index contributed by atoms with van der Waals surface area (Å²) in [7, 11) is 0. The Morgan fingerprint density at radius 1 is 1.21 bits per heavy atom. The molecule has 24 heavy (non-hydrogen) atoms. The number of nitrogens with zero attached hydrogens (tertiary/aromatic N) is 1. The highest BCUT2D eigenvalue weighted by Gasteiger charge is 2.29. The van der Waals surface area contributed by atoms with Crippen molar-refractivity contribution in [2.24, 2.45) is 0 Å². The number of hydrogen-bond acceptors (Lipinski definition) is 2. The molecular formula is C18H16ClFN2O2. The first-order chi connectivity index (χ1) is 11.5. The van der Waals surface area contributed by atoms with Crippen molar-refractivity contribution in [3.63, 3.8) is 0 Å². The summed E-state index contributed by atoms with van der Waals surface area (Å²) in [5.41, 5.74) is 1.70. The predicted octanol–water partition coefficient (Wildman–Crippen LogP) is 3.19. The number of fused-ring (bicyclic) bond motifs is 1. The Kier molecular flexibility index (Phi) is 4.53. The van der Waals surface area contributed by atoms with Crippen LogP contribution in [0.1, 0.15) is 22.8 Å². The summed E-state index contributed by atoms with van der Waals surface area (Å²) in [5.74, 6) is -1.65. The second kappa shape index (κ2) is 6.61. The maximum atomic E-state index is 13.8. The second-order valence-electron chi connectivity index (χ2n) is 5.66. The lowest BCUT2D eigenvalue weighted by atomic mass is 10.1. The maximum Gasteiger partial charge on any atom is 0.256 e. The monoisotopic (exact) mass is 346 g/mol. The number of rotatable bonds is 3. The van der Waals surface area contributed by atoms with Gasteiger partial charge in [0.2, 0.25) is 5.91 Å². The summed E-state index contributed by atoms with van der Waals surface area (Å²) < 4.78 is 13.8. The number of benzene rings is 2. The third-order valence-electron chi connectivity index (χ3n) is 4.06. The molecular weight excluding hydrogens is 331 g/mol. The summed E-state index contributed by atoms with van der Waals surface area (Å²) in [6, 6.07) is 10.9. The molecule has 0 saturated heterocycles. The first-order valence-electron chi connectivity index (χ1n) is 7.63. The lowest BCUT2D eigenvalue weighted by Gasteiger charge is -2.22. The molecule has 0 bridgehead atoms. The summed E-state index contributed by atoms with van der Waals surface area (Å²) in [5, 5.41) is 2.54. The van der Waals surface area contributed by atoms with Gasteiger partial charge in [-0.15, -0.1) is 0 Å². The van der Waals surface area contributed by atoms with E-state index in [0.29, 0.717) is 6.54 Å². The van der Waals surface area contributed by atoms with Crippen molar-refractivity contribution in [1.29, 1.82) is 0 Å². The third-order valence-corrected chi connectivity index (χ3v) is 4.38. The number of halogens is 2. The lowest BCUT2D eigenvalue weighted by molar-refractivity contribution is -0.119. The van der Waals surface area contributed by atoms with Gasteiger partial charge in [-0.1, -0.05) is 35.9 Å². The highest BCUT2D eigenvalue weighted by molar-refractivity contribution is 6.33. The maximum absolute atomic E-state index is 13.8. The molecule has 0 aromatic heterocycles. The van der Waals surface area contributed by atoms with Gasteiger partial charge in [0.05, 0.1) is 10.6 Å². The van der Waals surface area contributed by atoms with Gasteiger partial charge >= 0.3 is 0 Å². The van der Waals surface area contributed by atoms with Gasteiger partial charge in [0.15, 0.2) is 0 Å². The highest BCUT2D eigenvalue weighted by Crippen LogP contribution is 2.28. The van der Waals surface area contributed by atoms with Crippen LogP contribution in [0.2, 0.25) is 5.02 Å². The smallest absolute Gasteiger partial charge is 0.256 e. The van der Waals surface area contributed by atoms with Crippen molar-refractivity contribution in [3.05, 3.63) is 64.4 Å². The first-order valence-corrected chi connectivity index (χ1v) is 8.01. The van der Waals surface area contributed by atoms with Gasteiger partial charge in [-0.05, 0) is 37.1 Å². The van der Waals surface area contributed by atoms with E-state index in [1.54, 1.807) is 11.8 Å². The van der Waals surface area contributed by atoms with Crippen molar-refractivity contribution in [2.45, 2.75) is 19.4 Å². The van der Waals surface area contributed by atoms with E-state index in [-0.39, 0.29) is 16.5 Å². The van der Waals surface area contributed by atoms with E-state index in [2.05, 4.69) is 5.32 Å². The number of carbonyl (C=O) groups excluding carboxylic acids is 2. The minimum Gasteiger partial charge on any atom is -0.340 e. The number of anilines is 1. The van der Waals surface area contributed by atoms with Crippen molar-refractivity contribution >= 4 is 29.1 Å². The van der Waals surface area contributed by atoms with Crippen molar-refractivity contribution in [2.75, 3.05) is 11.4 Å². The van der Waals surface area contributed by atoms with Crippen LogP contribution < -0.4 is 10.2 Å². The molecule has 0 aliphatic carbocycles. The van der Waals surface area contributed by atoms with Gasteiger partial charge < -0.3 is 10.2 Å². The normalized spacial score (nSPS) is 14.2. The van der Waals surface area contributed by atoms with Crippen molar-refractivity contribution in [1.82, 2.24) is 5.32 Å². The third kappa shape index (κ3) is 2.99. The first kappa shape index (κ1) is 16.5. The topological polar surface area (TPSA) is 49.4 Å². The predicted molar refractivity (Wildman–Crippen MR) is 90.8 cm³/mol. The average Bonchev–Trinajstić information content (AvgIpc) is 2.97. The van der Waals surface area contributed by atoms with Crippen LogP contribution in [0.3, 0.4) is 0 Å². The van der Waals surface area contributed by atoms with E-state index in [0.717, 1.165) is 23.7 Å². The van der Waals surface area contributed by atoms with Crippen LogP contribution >= 0.6 is 11.6 Å². The fourth-order valence-corrected chi connectivity index (χ4v) is 3.10. The van der Waals surface area contributed by atoms with E-state index in [9.17, 15) is 14.0 Å². The summed E-state index contributed by atoms with van der Waals surface area (Å²) in [6.45, 7) is 2.15. The molecule has 6 heteroatoms. The fourth-order valence-electron chi connectivity index (χ4n) is 2.85. The number of para-hydroxylation sites is 1. The largest absolute Gasteiger partial charge is 0.340 e. The summed E-state index contributed by atoms with van der Waals surface area (Å²) in [4.78, 5) is 26.5. The minimum absolute atomic E-state index is 0.0127. The zero-order valence-electron chi connectivity index (χ0n) is 13.1. The number of amides is 2. The Balaban J connectivity index is 1.75. The molecule has 0 unspecified atom stereocenters. The second-order valence-corrected chi connectivity index (χ2v) is 6.07. The molecule has 0 fully saturated rings. The van der Waals surface area contributed by atoms with Gasteiger partial charge in [-0.25, -0.2) is 4.39 Å². The fraction of sp³-hybridized carbons (Fsp3) is 0.222. The van der Waals surface area contributed by atoms with E-state index in [4.69, 9.17) is 11.6 Å². The quantitative estimate of drug-likeness (QED) is 0.928. The van der Waals surface area contributed by atoms with Crippen LogP contribution in [0.5, 0.6) is 0 Å². The molecule has 3 rings (SSSR count). The molecule has 2 aromatic rings. The molecule has 0 spiro atoms. The Labute approximate surface area is 144 Å². The molecule has 124 valence electrons. The Morgan fingerprint density at radius 2 is 1.96 bits per heavy atom. The van der Waals surface area contributed by atoms with Gasteiger partial charge in [0.1, 0.15) is 11.9 Å². The van der Waals surface area contributed by atoms with Gasteiger partial charge in [0, 0.05) is 12.2 Å². The van der Waals surface area contributed by atoms with Crippen LogP contribution in [0, 0.1) is 5.82 Å². The molecule has 1 N–H and O–H groups in total. The van der Waals surface area contributed by atoms with Crippen LogP contribution in [0.4, 0.5) is 10.1 Å². The zero-order chi connectivity index (χ0) is 17.3. The lowest BCUT2D eigenvalue weighted by Crippen LogP contribution is -2.46. The van der Waals surface area contributed by atoms with Crippen molar-refractivity contribution < 1.29 is 14.0 Å². The number of hydrogen-bond donors (Lipinski definition) is 1. The molecule has 1 atom stereocenters. The molecule has 4 nitrogen and oxygen atoms in total. The van der Waals surface area contributed by atoms with Crippen LogP contribution in [0.25, 0.3) is 0 Å². The van der Waals surface area contributed by atoms with E-state index < -0.39 is 17.8 Å². The molecule has 2 amide bonds. The van der Waals surface area contributed by atoms with E-state index >= 15 is 0 Å². The summed E-state index contributed by atoms with van der Waals surface area (Å²) >= 11 is 5.89. The van der Waals surface area contributed by atoms with E-state index in [1.807, 2.05) is 24.3 Å². The van der Waals surface area contributed by atoms with Crippen LogP contribution in [0.15, 0.2) is 42.5 Å². The Bertz CT molecular complexity index is 789. The van der Waals surface area contributed by atoms with E-state index in [1.165, 1.54) is 12.1 Å². The number of nitrogens with one attached hydrogen (secondary N) is 1. The SMILES string of the molecule is C[C@H](NC(=O)c1c(F)cccc1Cl)C(=O)N1CCc2ccccc21. The molecule has 0 radical (unpaired) electrons. The zero-order valence-corrected chi connectivity index (χ0v) is 13.8.